The van der Waals surface area contributed by atoms with Crippen LogP contribution in [0.2, 0.25) is 0 Å². The third kappa shape index (κ3) is 4.20. The van der Waals surface area contributed by atoms with Gasteiger partial charge >= 0.3 is 5.97 Å². The maximum absolute atomic E-state index is 11.7. The fourth-order valence-electron chi connectivity index (χ4n) is 3.50. The normalized spacial score (nSPS) is 13.7. The van der Waals surface area contributed by atoms with Crippen LogP contribution in [0.5, 0.6) is 5.75 Å². The Labute approximate surface area is 175 Å². The van der Waals surface area contributed by atoms with Gasteiger partial charge in [-0.15, -0.1) is 0 Å². The molecule has 0 aliphatic carbocycles. The number of nitrogens with one attached hydrogen (secondary N) is 1. The molecule has 0 saturated heterocycles. The van der Waals surface area contributed by atoms with Crippen LogP contribution in [-0.2, 0) is 11.3 Å². The molecule has 0 bridgehead atoms. The zero-order chi connectivity index (χ0) is 20.9. The molecule has 7 nitrogen and oxygen atoms in total. The lowest BCUT2D eigenvalue weighted by Gasteiger charge is -2.33. The number of carbonyl (C=O) groups is 1. The molecule has 0 radical (unpaired) electrons. The second-order valence-corrected chi connectivity index (χ2v) is 7.08. The van der Waals surface area contributed by atoms with Crippen LogP contribution in [0.1, 0.15) is 34.6 Å². The van der Waals surface area contributed by atoms with Crippen molar-refractivity contribution in [2.24, 2.45) is 0 Å². The van der Waals surface area contributed by atoms with E-state index in [0.29, 0.717) is 18.7 Å². The maximum Gasteiger partial charge on any atom is 0.337 e. The fourth-order valence-corrected chi connectivity index (χ4v) is 3.50. The van der Waals surface area contributed by atoms with Crippen LogP contribution < -0.4 is 15.0 Å². The lowest BCUT2D eigenvalue weighted by atomic mass is 10.1. The summed E-state index contributed by atoms with van der Waals surface area (Å²) in [6.45, 7) is 4.11. The average molecular weight is 404 g/mol. The van der Waals surface area contributed by atoms with E-state index in [0.717, 1.165) is 35.1 Å². The Morgan fingerprint density at radius 1 is 1.17 bits per heavy atom. The van der Waals surface area contributed by atoms with E-state index >= 15 is 0 Å². The minimum absolute atomic E-state index is 0.0191. The number of nitrogens with zero attached hydrogens (tertiary/aromatic N) is 3. The Hall–Kier alpha value is -3.61. The van der Waals surface area contributed by atoms with E-state index in [2.05, 4.69) is 27.1 Å². The standard InChI is InChI=1S/C23H24N4O3/c1-16(17-6-8-18(9-7-17)23(28)29-2)26-22-21-20(10-12-25-22)30-14-13-27(21)15-19-5-3-4-11-24-19/h3-12,16H,13-15H2,1-2H3,(H,25,26). The van der Waals surface area contributed by atoms with Crippen molar-refractivity contribution in [2.75, 3.05) is 30.5 Å². The number of fused-ring (bicyclic) bond motifs is 1. The fraction of sp³-hybridized carbons (Fsp3) is 0.261. The van der Waals surface area contributed by atoms with Crippen molar-refractivity contribution in [3.05, 3.63) is 77.7 Å². The number of hydrogen-bond acceptors (Lipinski definition) is 7. The highest BCUT2D eigenvalue weighted by Gasteiger charge is 2.24. The SMILES string of the molecule is COC(=O)c1ccc(C(C)Nc2nccc3c2N(Cc2ccccn2)CCO3)cc1. The Morgan fingerprint density at radius 2 is 2.00 bits per heavy atom. The monoisotopic (exact) mass is 404 g/mol. The zero-order valence-electron chi connectivity index (χ0n) is 17.0. The Balaban J connectivity index is 1.57. The summed E-state index contributed by atoms with van der Waals surface area (Å²) >= 11 is 0. The van der Waals surface area contributed by atoms with Gasteiger partial charge in [0.15, 0.2) is 5.82 Å². The third-order valence-corrected chi connectivity index (χ3v) is 5.09. The predicted octanol–water partition coefficient (Wildman–Crippen LogP) is 3.84. The number of carbonyl (C=O) groups excluding carboxylic acids is 1. The lowest BCUT2D eigenvalue weighted by molar-refractivity contribution is 0.0600. The second-order valence-electron chi connectivity index (χ2n) is 7.08. The number of ether oxygens (including phenoxy) is 2. The van der Waals surface area contributed by atoms with Gasteiger partial charge in [0.25, 0.3) is 0 Å². The van der Waals surface area contributed by atoms with Gasteiger partial charge in [0.05, 0.1) is 37.5 Å². The van der Waals surface area contributed by atoms with Crippen LogP contribution in [-0.4, -0.2) is 36.2 Å². The highest BCUT2D eigenvalue weighted by Crippen LogP contribution is 2.39. The molecule has 3 heterocycles. The van der Waals surface area contributed by atoms with Crippen molar-refractivity contribution in [1.82, 2.24) is 9.97 Å². The number of pyridine rings is 2. The molecule has 2 aromatic heterocycles. The van der Waals surface area contributed by atoms with Crippen LogP contribution in [0.3, 0.4) is 0 Å². The molecule has 7 heteroatoms. The molecular formula is C23H24N4O3. The molecule has 154 valence electrons. The van der Waals surface area contributed by atoms with Gasteiger partial charge in [0.2, 0.25) is 0 Å². The van der Waals surface area contributed by atoms with Crippen molar-refractivity contribution >= 4 is 17.5 Å². The molecule has 0 fully saturated rings. The number of anilines is 2. The largest absolute Gasteiger partial charge is 0.489 e. The molecular weight excluding hydrogens is 380 g/mol. The van der Waals surface area contributed by atoms with Crippen molar-refractivity contribution in [3.63, 3.8) is 0 Å². The minimum Gasteiger partial charge on any atom is -0.489 e. The molecule has 1 atom stereocenters. The summed E-state index contributed by atoms with van der Waals surface area (Å²) in [5.74, 6) is 1.22. The molecule has 4 rings (SSSR count). The average Bonchev–Trinajstić information content (AvgIpc) is 2.79. The van der Waals surface area contributed by atoms with Gasteiger partial charge in [-0.25, -0.2) is 9.78 Å². The molecule has 1 unspecified atom stereocenters. The Kier molecular flexibility index (Phi) is 5.79. The first kappa shape index (κ1) is 19.7. The molecule has 1 aliphatic rings. The van der Waals surface area contributed by atoms with Crippen LogP contribution in [0.15, 0.2) is 60.9 Å². The van der Waals surface area contributed by atoms with E-state index < -0.39 is 0 Å². The summed E-state index contributed by atoms with van der Waals surface area (Å²) in [5.41, 5.74) is 3.49. The van der Waals surface area contributed by atoms with E-state index in [1.165, 1.54) is 7.11 Å². The van der Waals surface area contributed by atoms with Crippen LogP contribution in [0.25, 0.3) is 0 Å². The molecule has 1 aromatic carbocycles. The first-order valence-electron chi connectivity index (χ1n) is 9.87. The summed E-state index contributed by atoms with van der Waals surface area (Å²) in [7, 11) is 1.38. The number of methoxy groups -OCH3 is 1. The van der Waals surface area contributed by atoms with Crippen molar-refractivity contribution in [3.8, 4) is 5.75 Å². The van der Waals surface area contributed by atoms with Crippen LogP contribution >= 0.6 is 0 Å². The molecule has 30 heavy (non-hydrogen) atoms. The van der Waals surface area contributed by atoms with Gasteiger partial charge in [-0.2, -0.15) is 0 Å². The summed E-state index contributed by atoms with van der Waals surface area (Å²) in [6.07, 6.45) is 3.55. The molecule has 0 saturated carbocycles. The molecule has 3 aromatic rings. The highest BCUT2D eigenvalue weighted by atomic mass is 16.5. The van der Waals surface area contributed by atoms with Gasteiger partial charge in [0.1, 0.15) is 18.0 Å². The maximum atomic E-state index is 11.7. The van der Waals surface area contributed by atoms with E-state index in [9.17, 15) is 4.79 Å². The van der Waals surface area contributed by atoms with E-state index in [-0.39, 0.29) is 12.0 Å². The van der Waals surface area contributed by atoms with Gasteiger partial charge < -0.3 is 19.7 Å². The van der Waals surface area contributed by atoms with Gasteiger partial charge in [-0.05, 0) is 36.8 Å². The number of esters is 1. The highest BCUT2D eigenvalue weighted by molar-refractivity contribution is 5.89. The van der Waals surface area contributed by atoms with Crippen LogP contribution in [0.4, 0.5) is 11.5 Å². The lowest BCUT2D eigenvalue weighted by Crippen LogP contribution is -2.33. The molecule has 1 N–H and O–H groups in total. The summed E-state index contributed by atoms with van der Waals surface area (Å²) in [6, 6.07) is 15.2. The van der Waals surface area contributed by atoms with Crippen molar-refractivity contribution in [1.29, 1.82) is 0 Å². The van der Waals surface area contributed by atoms with Gasteiger partial charge in [0, 0.05) is 18.5 Å². The van der Waals surface area contributed by atoms with Crippen molar-refractivity contribution < 1.29 is 14.3 Å². The zero-order valence-corrected chi connectivity index (χ0v) is 17.0. The predicted molar refractivity (Wildman–Crippen MR) is 115 cm³/mol. The van der Waals surface area contributed by atoms with Gasteiger partial charge in [-0.1, -0.05) is 18.2 Å². The van der Waals surface area contributed by atoms with Gasteiger partial charge in [-0.3, -0.25) is 4.98 Å². The minimum atomic E-state index is -0.344. The molecule has 1 aliphatic heterocycles. The second kappa shape index (κ2) is 8.82. The van der Waals surface area contributed by atoms with Crippen molar-refractivity contribution in [2.45, 2.75) is 19.5 Å². The molecule has 0 spiro atoms. The summed E-state index contributed by atoms with van der Waals surface area (Å²) in [4.78, 5) is 22.9. The summed E-state index contributed by atoms with van der Waals surface area (Å²) in [5, 5.41) is 3.50. The van der Waals surface area contributed by atoms with E-state index in [1.54, 1.807) is 24.5 Å². The Bertz CT molecular complexity index is 1010. The van der Waals surface area contributed by atoms with Crippen LogP contribution in [0, 0.1) is 0 Å². The topological polar surface area (TPSA) is 76.6 Å². The third-order valence-electron chi connectivity index (χ3n) is 5.09. The number of benzene rings is 1. The molecule has 0 amide bonds. The first-order chi connectivity index (χ1) is 14.7. The summed E-state index contributed by atoms with van der Waals surface area (Å²) < 4.78 is 10.6. The number of aromatic nitrogens is 2. The number of rotatable bonds is 6. The smallest absolute Gasteiger partial charge is 0.337 e. The van der Waals surface area contributed by atoms with E-state index in [1.807, 2.05) is 36.4 Å². The van der Waals surface area contributed by atoms with E-state index in [4.69, 9.17) is 9.47 Å². The first-order valence-corrected chi connectivity index (χ1v) is 9.87. The Morgan fingerprint density at radius 3 is 2.73 bits per heavy atom. The number of hydrogen-bond donors (Lipinski definition) is 1. The quantitative estimate of drug-likeness (QED) is 0.626.